The minimum absolute atomic E-state index is 0.295. The predicted molar refractivity (Wildman–Crippen MR) is 96.3 cm³/mol. The largest absolute Gasteiger partial charge is 0.484 e. The fourth-order valence-corrected chi connectivity index (χ4v) is 3.46. The van der Waals surface area contributed by atoms with Gasteiger partial charge in [-0.1, -0.05) is 37.7 Å². The summed E-state index contributed by atoms with van der Waals surface area (Å²) in [6.07, 6.45) is 0. The van der Waals surface area contributed by atoms with Crippen LogP contribution in [0.15, 0.2) is 33.9 Å². The normalized spacial score (nSPS) is 15.6. The Hall–Kier alpha value is -1.57. The van der Waals surface area contributed by atoms with Gasteiger partial charge in [-0.25, -0.2) is 0 Å². The van der Waals surface area contributed by atoms with Crippen LogP contribution >= 0.6 is 11.8 Å². The molecule has 0 spiro atoms. The Kier molecular flexibility index (Phi) is 6.72. The van der Waals surface area contributed by atoms with Gasteiger partial charge in [0, 0.05) is 0 Å². The van der Waals surface area contributed by atoms with Gasteiger partial charge in [-0.15, -0.1) is 10.2 Å². The second-order valence-corrected chi connectivity index (χ2v) is 7.48. The third kappa shape index (κ3) is 5.73. The average molecular weight is 364 g/mol. The van der Waals surface area contributed by atoms with Crippen molar-refractivity contribution >= 4 is 11.8 Å². The van der Waals surface area contributed by atoms with E-state index in [1.807, 2.05) is 12.1 Å². The summed E-state index contributed by atoms with van der Waals surface area (Å²) in [5, 5.41) is 8.75. The highest BCUT2D eigenvalue weighted by molar-refractivity contribution is 7.99. The minimum atomic E-state index is 0.295. The lowest BCUT2D eigenvalue weighted by atomic mass is 10.0. The molecule has 0 radical (unpaired) electrons. The van der Waals surface area contributed by atoms with E-state index < -0.39 is 0 Å². The molecule has 1 aromatic carbocycles. The zero-order valence-corrected chi connectivity index (χ0v) is 15.7. The summed E-state index contributed by atoms with van der Waals surface area (Å²) in [5.41, 5.74) is 1.30. The van der Waals surface area contributed by atoms with Crippen molar-refractivity contribution in [1.82, 2.24) is 10.2 Å². The van der Waals surface area contributed by atoms with E-state index in [1.54, 1.807) is 16.7 Å². The fourth-order valence-electron chi connectivity index (χ4n) is 2.64. The molecule has 1 saturated heterocycles. The van der Waals surface area contributed by atoms with Gasteiger partial charge in [0.15, 0.2) is 6.61 Å². The molecule has 3 rings (SSSR count). The van der Waals surface area contributed by atoms with Gasteiger partial charge in [0.25, 0.3) is 11.1 Å². The maximum Gasteiger partial charge on any atom is 0.276 e. The molecule has 6 nitrogen and oxygen atoms in total. The van der Waals surface area contributed by atoms with Crippen LogP contribution < -0.4 is 9.64 Å². The number of nitrogens with zero attached hydrogens (tertiary/aromatic N) is 2. The van der Waals surface area contributed by atoms with E-state index in [4.69, 9.17) is 13.9 Å². The summed E-state index contributed by atoms with van der Waals surface area (Å²) in [4.78, 5) is 1.58. The minimum Gasteiger partial charge on any atom is -0.484 e. The van der Waals surface area contributed by atoms with Crippen LogP contribution in [0.25, 0.3) is 0 Å². The van der Waals surface area contributed by atoms with Crippen LogP contribution in [0.5, 0.6) is 5.75 Å². The summed E-state index contributed by atoms with van der Waals surface area (Å²) in [7, 11) is 0. The summed E-state index contributed by atoms with van der Waals surface area (Å²) in [6.45, 7) is 9.62. The van der Waals surface area contributed by atoms with Crippen molar-refractivity contribution in [3.05, 3.63) is 35.7 Å². The van der Waals surface area contributed by atoms with Gasteiger partial charge in [0.2, 0.25) is 0 Å². The maximum absolute atomic E-state index is 5.72. The Bertz CT molecular complexity index is 639. The molecule has 0 amide bonds. The monoisotopic (exact) mass is 364 g/mol. The van der Waals surface area contributed by atoms with Crippen LogP contribution in [-0.4, -0.2) is 48.8 Å². The number of aromatic nitrogens is 2. The molecule has 0 aliphatic carbocycles. The molecule has 136 valence electrons. The molecule has 0 atom stereocenters. The number of thioether (sulfide) groups is 1. The van der Waals surface area contributed by atoms with Crippen molar-refractivity contribution < 1.29 is 18.8 Å². The molecule has 2 heterocycles. The second kappa shape index (κ2) is 9.22. The molecule has 1 aliphatic heterocycles. The zero-order chi connectivity index (χ0) is 17.5. The van der Waals surface area contributed by atoms with E-state index in [0.717, 1.165) is 44.4 Å². The van der Waals surface area contributed by atoms with E-state index in [-0.39, 0.29) is 0 Å². The highest BCUT2D eigenvalue weighted by atomic mass is 32.2. The first kappa shape index (κ1) is 18.2. The third-order valence-electron chi connectivity index (χ3n) is 4.24. The maximum atomic E-state index is 5.72. The van der Waals surface area contributed by atoms with E-state index >= 15 is 0 Å². The molecule has 0 unspecified atom stereocenters. The summed E-state index contributed by atoms with van der Waals surface area (Å²) < 4.78 is 16.7. The molecule has 7 heteroatoms. The zero-order valence-electron chi connectivity index (χ0n) is 14.9. The van der Waals surface area contributed by atoms with Gasteiger partial charge >= 0.3 is 0 Å². The van der Waals surface area contributed by atoms with Gasteiger partial charge in [-0.3, -0.25) is 0 Å². The Morgan fingerprint density at radius 3 is 2.64 bits per heavy atom. The Balaban J connectivity index is 1.40. The molecule has 25 heavy (non-hydrogen) atoms. The molecule has 1 aromatic heterocycles. The predicted octanol–water partition coefficient (Wildman–Crippen LogP) is 1.78. The first-order valence-electron chi connectivity index (χ1n) is 8.80. The van der Waals surface area contributed by atoms with Crippen molar-refractivity contribution in [2.75, 3.05) is 38.6 Å². The van der Waals surface area contributed by atoms with E-state index in [2.05, 4.69) is 36.2 Å². The van der Waals surface area contributed by atoms with Crippen LogP contribution in [-0.2, 0) is 11.3 Å². The van der Waals surface area contributed by atoms with Gasteiger partial charge in [-0.05, 0) is 23.6 Å². The SMILES string of the molecule is CC(C)c1ccc(OCc2nnc(SCC[NH+]3CCOCC3)o2)cc1. The summed E-state index contributed by atoms with van der Waals surface area (Å²) in [6, 6.07) is 8.13. The van der Waals surface area contributed by atoms with E-state index in [9.17, 15) is 0 Å². The fraction of sp³-hybridized carbons (Fsp3) is 0.556. The quantitative estimate of drug-likeness (QED) is 0.721. The summed E-state index contributed by atoms with van der Waals surface area (Å²) >= 11 is 1.60. The molecule has 0 saturated carbocycles. The highest BCUT2D eigenvalue weighted by Gasteiger charge is 2.14. The lowest BCUT2D eigenvalue weighted by Crippen LogP contribution is -3.14. The Morgan fingerprint density at radius 2 is 1.92 bits per heavy atom. The number of hydrogen-bond donors (Lipinski definition) is 1. The lowest BCUT2D eigenvalue weighted by Gasteiger charge is -2.23. The number of nitrogens with one attached hydrogen (secondary N) is 1. The molecule has 1 N–H and O–H groups in total. The second-order valence-electron chi connectivity index (χ2n) is 6.43. The van der Waals surface area contributed by atoms with Crippen LogP contribution in [0.4, 0.5) is 0 Å². The molecular weight excluding hydrogens is 338 g/mol. The van der Waals surface area contributed by atoms with E-state index in [0.29, 0.717) is 23.6 Å². The summed E-state index contributed by atoms with van der Waals surface area (Å²) in [5.74, 6) is 2.81. The lowest BCUT2D eigenvalue weighted by molar-refractivity contribution is -0.905. The molecule has 1 aliphatic rings. The Morgan fingerprint density at radius 1 is 1.16 bits per heavy atom. The molecule has 2 aromatic rings. The van der Waals surface area contributed by atoms with Gasteiger partial charge in [0.1, 0.15) is 18.8 Å². The van der Waals surface area contributed by atoms with Crippen LogP contribution in [0.2, 0.25) is 0 Å². The number of ether oxygens (including phenoxy) is 2. The topological polar surface area (TPSA) is 61.8 Å². The van der Waals surface area contributed by atoms with Gasteiger partial charge in [-0.2, -0.15) is 0 Å². The van der Waals surface area contributed by atoms with Crippen LogP contribution in [0, 0.1) is 0 Å². The smallest absolute Gasteiger partial charge is 0.276 e. The first-order chi connectivity index (χ1) is 12.2. The first-order valence-corrected chi connectivity index (χ1v) is 9.78. The van der Waals surface area contributed by atoms with Crippen molar-refractivity contribution in [3.63, 3.8) is 0 Å². The van der Waals surface area contributed by atoms with Gasteiger partial charge in [0.05, 0.1) is 25.5 Å². The number of morpholine rings is 1. The van der Waals surface area contributed by atoms with Gasteiger partial charge < -0.3 is 18.8 Å². The van der Waals surface area contributed by atoms with E-state index in [1.165, 1.54) is 5.56 Å². The van der Waals surface area contributed by atoms with Crippen molar-refractivity contribution in [2.24, 2.45) is 0 Å². The molecule has 0 bridgehead atoms. The van der Waals surface area contributed by atoms with Crippen molar-refractivity contribution in [1.29, 1.82) is 0 Å². The van der Waals surface area contributed by atoms with Crippen LogP contribution in [0.1, 0.15) is 31.2 Å². The number of rotatable bonds is 8. The molecular formula is C18H26N3O3S+. The number of benzene rings is 1. The average Bonchev–Trinajstić information content (AvgIpc) is 3.09. The van der Waals surface area contributed by atoms with Crippen LogP contribution in [0.3, 0.4) is 0 Å². The standard InChI is InChI=1S/C18H25N3O3S/c1-14(2)15-3-5-16(6-4-15)23-13-17-19-20-18(24-17)25-12-9-21-7-10-22-11-8-21/h3-6,14H,7-13H2,1-2H3/p+1. The van der Waals surface area contributed by atoms with Crippen molar-refractivity contribution in [3.8, 4) is 5.75 Å². The Labute approximate surface area is 152 Å². The molecule has 1 fully saturated rings. The number of quaternary nitrogens is 1. The third-order valence-corrected chi connectivity index (χ3v) is 5.06. The van der Waals surface area contributed by atoms with Crippen molar-refractivity contribution in [2.45, 2.75) is 31.6 Å². The highest BCUT2D eigenvalue weighted by Crippen LogP contribution is 2.20. The number of hydrogen-bond acceptors (Lipinski definition) is 6.